The summed E-state index contributed by atoms with van der Waals surface area (Å²) < 4.78 is 28.4. The molecule has 8 nitrogen and oxygen atoms in total. The van der Waals surface area contributed by atoms with E-state index in [9.17, 15) is 18.0 Å². The molecule has 9 heteroatoms. The van der Waals surface area contributed by atoms with Crippen LogP contribution in [0.3, 0.4) is 0 Å². The lowest BCUT2D eigenvalue weighted by molar-refractivity contribution is -0.129. The number of ether oxygens (including phenoxy) is 1. The Kier molecular flexibility index (Phi) is 11.1. The number of hydrogen-bond donors (Lipinski definition) is 3. The maximum absolute atomic E-state index is 13.3. The molecule has 0 heterocycles. The minimum atomic E-state index is -3.35. The average molecular weight is 516 g/mol. The van der Waals surface area contributed by atoms with Gasteiger partial charge in [-0.05, 0) is 42.0 Å². The molecule has 36 heavy (non-hydrogen) atoms. The Hall–Kier alpha value is -3.17. The van der Waals surface area contributed by atoms with Crippen LogP contribution in [0.25, 0.3) is 0 Å². The molecule has 2 amide bonds. The van der Waals surface area contributed by atoms with Crippen LogP contribution in [-0.4, -0.2) is 51.7 Å². The number of carbonyl (C=O) groups excluding carboxylic acids is 2. The predicted molar refractivity (Wildman–Crippen MR) is 142 cm³/mol. The highest BCUT2D eigenvalue weighted by Gasteiger charge is 2.26. The second-order valence-corrected chi connectivity index (χ2v) is 11.2. The maximum Gasteiger partial charge on any atom is 0.243 e. The molecule has 2 aromatic carbocycles. The molecule has 3 unspecified atom stereocenters. The van der Waals surface area contributed by atoms with Gasteiger partial charge in [0.05, 0.1) is 13.2 Å². The molecular weight excluding hydrogens is 478 g/mol. The van der Waals surface area contributed by atoms with Crippen molar-refractivity contribution in [1.29, 1.82) is 0 Å². The zero-order chi connectivity index (χ0) is 26.7. The molecular formula is C27H37N3O5S. The van der Waals surface area contributed by atoms with Gasteiger partial charge in [0.25, 0.3) is 0 Å². The number of rotatable bonds is 13. The van der Waals surface area contributed by atoms with Gasteiger partial charge in [-0.25, -0.2) is 8.42 Å². The summed E-state index contributed by atoms with van der Waals surface area (Å²) in [6.45, 7) is 3.96. The number of nitrogens with two attached hydrogens (primary N) is 1. The Morgan fingerprint density at radius 1 is 0.944 bits per heavy atom. The Bertz CT molecular complexity index is 1120. The summed E-state index contributed by atoms with van der Waals surface area (Å²) in [6.07, 6.45) is 3.67. The van der Waals surface area contributed by atoms with E-state index in [0.717, 1.165) is 22.8 Å². The number of carbonyl (C=O) groups is 2. The van der Waals surface area contributed by atoms with Crippen molar-refractivity contribution in [2.75, 3.05) is 13.4 Å². The topological polar surface area (TPSA) is 128 Å². The Morgan fingerprint density at radius 2 is 1.56 bits per heavy atom. The van der Waals surface area contributed by atoms with Crippen LogP contribution in [0.1, 0.15) is 31.4 Å². The summed E-state index contributed by atoms with van der Waals surface area (Å²) in [6, 6.07) is 14.4. The fourth-order valence-corrected chi connectivity index (χ4v) is 4.14. The van der Waals surface area contributed by atoms with Gasteiger partial charge in [-0.1, -0.05) is 62.4 Å². The van der Waals surface area contributed by atoms with Gasteiger partial charge in [0.2, 0.25) is 11.8 Å². The first kappa shape index (κ1) is 29.1. The first-order chi connectivity index (χ1) is 17.0. The molecule has 196 valence electrons. The van der Waals surface area contributed by atoms with Gasteiger partial charge in [0, 0.05) is 24.1 Å². The largest absolute Gasteiger partial charge is 0.497 e. The van der Waals surface area contributed by atoms with Gasteiger partial charge >= 0.3 is 0 Å². The lowest BCUT2D eigenvalue weighted by Gasteiger charge is -2.24. The second kappa shape index (κ2) is 13.8. The first-order valence-electron chi connectivity index (χ1n) is 11.9. The molecule has 2 rings (SSSR count). The van der Waals surface area contributed by atoms with Crippen LogP contribution < -0.4 is 21.1 Å². The summed E-state index contributed by atoms with van der Waals surface area (Å²) in [5, 5.41) is 6.78. The number of nitrogens with one attached hydrogen (secondary N) is 2. The predicted octanol–water partition coefficient (Wildman–Crippen LogP) is 2.38. The van der Waals surface area contributed by atoms with E-state index in [1.165, 1.54) is 6.08 Å². The zero-order valence-corrected chi connectivity index (χ0v) is 22.1. The van der Waals surface area contributed by atoms with Gasteiger partial charge < -0.3 is 21.1 Å². The van der Waals surface area contributed by atoms with E-state index >= 15 is 0 Å². The summed E-state index contributed by atoms with van der Waals surface area (Å²) in [7, 11) is -1.77. The van der Waals surface area contributed by atoms with Crippen LogP contribution in [0.2, 0.25) is 0 Å². The van der Waals surface area contributed by atoms with Crippen LogP contribution in [0.5, 0.6) is 5.75 Å². The van der Waals surface area contributed by atoms with Crippen molar-refractivity contribution >= 4 is 21.7 Å². The van der Waals surface area contributed by atoms with Crippen LogP contribution >= 0.6 is 0 Å². The molecule has 0 aromatic heterocycles. The van der Waals surface area contributed by atoms with Crippen molar-refractivity contribution in [1.82, 2.24) is 10.6 Å². The van der Waals surface area contributed by atoms with Crippen molar-refractivity contribution in [3.63, 3.8) is 0 Å². The van der Waals surface area contributed by atoms with E-state index in [1.54, 1.807) is 19.2 Å². The van der Waals surface area contributed by atoms with Crippen LogP contribution in [0, 0.1) is 5.92 Å². The summed E-state index contributed by atoms with van der Waals surface area (Å²) in [4.78, 5) is 26.2. The number of amides is 2. The van der Waals surface area contributed by atoms with E-state index in [4.69, 9.17) is 10.5 Å². The van der Waals surface area contributed by atoms with Gasteiger partial charge in [0.15, 0.2) is 9.84 Å². The monoisotopic (exact) mass is 515 g/mol. The molecule has 3 atom stereocenters. The second-order valence-electron chi connectivity index (χ2n) is 9.31. The quantitative estimate of drug-likeness (QED) is 0.376. The third kappa shape index (κ3) is 10.6. The third-order valence-corrected chi connectivity index (χ3v) is 6.13. The van der Waals surface area contributed by atoms with E-state index in [-0.39, 0.29) is 12.3 Å². The van der Waals surface area contributed by atoms with E-state index in [1.807, 2.05) is 56.3 Å². The van der Waals surface area contributed by atoms with Crippen LogP contribution in [-0.2, 0) is 32.3 Å². The lowest BCUT2D eigenvalue weighted by Crippen LogP contribution is -2.54. The normalized spacial score (nSPS) is 14.3. The standard InChI is InChI=1S/C27H37N3O5S/c1-19(2)16-22(14-15-36(4,33)34)29-27(32)25(18-20-8-6-5-7-9-20)30-26(31)24(28)17-21-10-12-23(35-3)13-11-21/h5-15,19,22,24-25H,16-18,28H2,1-4H3,(H,29,32)(H,30,31). The Balaban J connectivity index is 2.17. The number of sulfone groups is 1. The minimum Gasteiger partial charge on any atom is -0.497 e. The van der Waals surface area contributed by atoms with Crippen molar-refractivity contribution in [2.45, 2.75) is 51.2 Å². The molecule has 0 spiro atoms. The van der Waals surface area contributed by atoms with Crippen molar-refractivity contribution in [3.05, 3.63) is 77.2 Å². The zero-order valence-electron chi connectivity index (χ0n) is 21.3. The van der Waals surface area contributed by atoms with E-state index in [2.05, 4.69) is 10.6 Å². The fourth-order valence-electron chi connectivity index (χ4n) is 3.66. The maximum atomic E-state index is 13.3. The molecule has 0 aliphatic rings. The summed E-state index contributed by atoms with van der Waals surface area (Å²) in [5.74, 6) is 0.0541. The first-order valence-corrected chi connectivity index (χ1v) is 13.8. The highest BCUT2D eigenvalue weighted by molar-refractivity contribution is 7.93. The smallest absolute Gasteiger partial charge is 0.243 e. The summed E-state index contributed by atoms with van der Waals surface area (Å²) in [5.41, 5.74) is 7.91. The van der Waals surface area contributed by atoms with Crippen LogP contribution in [0.4, 0.5) is 0 Å². The van der Waals surface area contributed by atoms with Crippen LogP contribution in [0.15, 0.2) is 66.1 Å². The SMILES string of the molecule is COc1ccc(CC(N)C(=O)NC(Cc2ccccc2)C(=O)NC(C=CS(C)(=O)=O)CC(C)C)cc1. The molecule has 0 saturated carbocycles. The van der Waals surface area contributed by atoms with Crippen molar-refractivity contribution in [3.8, 4) is 5.75 Å². The summed E-state index contributed by atoms with van der Waals surface area (Å²) >= 11 is 0. The molecule has 0 saturated heterocycles. The highest BCUT2D eigenvalue weighted by Crippen LogP contribution is 2.13. The number of methoxy groups -OCH3 is 1. The number of hydrogen-bond acceptors (Lipinski definition) is 6. The van der Waals surface area contributed by atoms with Gasteiger partial charge in [-0.3, -0.25) is 9.59 Å². The Labute approximate surface area is 214 Å². The molecule has 0 radical (unpaired) electrons. The van der Waals surface area contributed by atoms with Gasteiger partial charge in [-0.2, -0.15) is 0 Å². The molecule has 4 N–H and O–H groups in total. The minimum absolute atomic E-state index is 0.208. The van der Waals surface area contributed by atoms with E-state index < -0.39 is 39.8 Å². The van der Waals surface area contributed by atoms with Gasteiger partial charge in [0.1, 0.15) is 11.8 Å². The third-order valence-electron chi connectivity index (χ3n) is 5.48. The molecule has 0 bridgehead atoms. The fraction of sp³-hybridized carbons (Fsp3) is 0.407. The molecule has 2 aromatic rings. The molecule has 0 aliphatic carbocycles. The van der Waals surface area contributed by atoms with E-state index in [0.29, 0.717) is 18.6 Å². The molecule has 0 aliphatic heterocycles. The van der Waals surface area contributed by atoms with Gasteiger partial charge in [-0.15, -0.1) is 0 Å². The Morgan fingerprint density at radius 3 is 2.11 bits per heavy atom. The highest BCUT2D eigenvalue weighted by atomic mass is 32.2. The number of benzene rings is 2. The average Bonchev–Trinajstić information content (AvgIpc) is 2.82. The van der Waals surface area contributed by atoms with Crippen molar-refractivity contribution in [2.24, 2.45) is 11.7 Å². The molecule has 0 fully saturated rings. The van der Waals surface area contributed by atoms with Crippen molar-refractivity contribution < 1.29 is 22.7 Å². The lowest BCUT2D eigenvalue weighted by atomic mass is 10.0.